The minimum Gasteiger partial charge on any atom is -0.352 e. The highest BCUT2D eigenvalue weighted by Crippen LogP contribution is 2.16. The lowest BCUT2D eigenvalue weighted by Gasteiger charge is -2.25. The van der Waals surface area contributed by atoms with Gasteiger partial charge in [-0.25, -0.2) is 8.42 Å². The minimum atomic E-state index is -3.42. The largest absolute Gasteiger partial charge is 0.352 e. The molecule has 1 unspecified atom stereocenters. The molecule has 0 spiro atoms. The van der Waals surface area contributed by atoms with Crippen LogP contribution in [0, 0.1) is 0 Å². The zero-order chi connectivity index (χ0) is 13.0. The predicted molar refractivity (Wildman–Crippen MR) is 66.5 cm³/mol. The van der Waals surface area contributed by atoms with Gasteiger partial charge in [-0.1, -0.05) is 6.92 Å². The maximum Gasteiger partial charge on any atom is 0.241 e. The molecule has 0 aliphatic rings. The average molecular weight is 270 g/mol. The van der Waals surface area contributed by atoms with Gasteiger partial charge in [0, 0.05) is 18.2 Å². The summed E-state index contributed by atoms with van der Waals surface area (Å²) in [6.45, 7) is 4.74. The average Bonchev–Trinajstić information content (AvgIpc) is 2.15. The summed E-state index contributed by atoms with van der Waals surface area (Å²) in [6.07, 6.45) is 2.44. The van der Waals surface area contributed by atoms with Crippen LogP contribution in [-0.2, 0) is 14.6 Å². The van der Waals surface area contributed by atoms with Crippen LogP contribution >= 0.6 is 11.6 Å². The molecule has 0 bridgehead atoms. The summed E-state index contributed by atoms with van der Waals surface area (Å²) in [6, 6.07) is -0.0639. The van der Waals surface area contributed by atoms with Crippen molar-refractivity contribution in [3.63, 3.8) is 0 Å². The molecular formula is C10H20ClNO3S. The van der Waals surface area contributed by atoms with Gasteiger partial charge in [-0.15, -0.1) is 11.6 Å². The maximum absolute atomic E-state index is 11.8. The normalized spacial score (nSPS) is 14.6. The van der Waals surface area contributed by atoms with Crippen molar-refractivity contribution in [2.45, 2.75) is 44.4 Å². The third-order valence-corrected chi connectivity index (χ3v) is 5.02. The van der Waals surface area contributed by atoms with Crippen molar-refractivity contribution < 1.29 is 13.2 Å². The molecule has 0 aromatic heterocycles. The summed E-state index contributed by atoms with van der Waals surface area (Å²) >= 11 is 5.59. The van der Waals surface area contributed by atoms with Gasteiger partial charge in [0.1, 0.15) is 4.75 Å². The van der Waals surface area contributed by atoms with Gasteiger partial charge in [0.05, 0.1) is 0 Å². The van der Waals surface area contributed by atoms with Gasteiger partial charge in [0.15, 0.2) is 9.84 Å². The summed E-state index contributed by atoms with van der Waals surface area (Å²) in [7, 11) is -3.42. The summed E-state index contributed by atoms with van der Waals surface area (Å²) in [4.78, 5) is 11.8. The topological polar surface area (TPSA) is 63.2 Å². The highest BCUT2D eigenvalue weighted by atomic mass is 35.5. The Morgan fingerprint density at radius 3 is 2.25 bits per heavy atom. The molecule has 0 aliphatic carbocycles. The van der Waals surface area contributed by atoms with E-state index in [0.29, 0.717) is 12.3 Å². The van der Waals surface area contributed by atoms with Gasteiger partial charge >= 0.3 is 0 Å². The van der Waals surface area contributed by atoms with Crippen molar-refractivity contribution in [1.82, 2.24) is 5.32 Å². The fourth-order valence-electron chi connectivity index (χ4n) is 1.04. The SMILES string of the molecule is CCC(CCCl)NC(=O)C(C)(C)S(C)(=O)=O. The number of hydrogen-bond donors (Lipinski definition) is 1. The quantitative estimate of drug-likeness (QED) is 0.740. The van der Waals surface area contributed by atoms with E-state index in [2.05, 4.69) is 5.32 Å². The lowest BCUT2D eigenvalue weighted by Crippen LogP contribution is -2.50. The number of hydrogen-bond acceptors (Lipinski definition) is 3. The highest BCUT2D eigenvalue weighted by Gasteiger charge is 2.38. The number of carbonyl (C=O) groups is 1. The Bertz CT molecular complexity index is 338. The van der Waals surface area contributed by atoms with Crippen molar-refractivity contribution in [3.8, 4) is 0 Å². The lowest BCUT2D eigenvalue weighted by molar-refractivity contribution is -0.123. The molecule has 4 nitrogen and oxygen atoms in total. The molecule has 1 N–H and O–H groups in total. The zero-order valence-electron chi connectivity index (χ0n) is 10.2. The van der Waals surface area contributed by atoms with Crippen LogP contribution < -0.4 is 5.32 Å². The molecule has 0 rings (SSSR count). The van der Waals surface area contributed by atoms with Crippen molar-refractivity contribution in [3.05, 3.63) is 0 Å². The number of amides is 1. The molecule has 16 heavy (non-hydrogen) atoms. The molecular weight excluding hydrogens is 250 g/mol. The molecule has 96 valence electrons. The van der Waals surface area contributed by atoms with Crippen molar-refractivity contribution in [2.75, 3.05) is 12.1 Å². The van der Waals surface area contributed by atoms with Gasteiger partial charge < -0.3 is 5.32 Å². The summed E-state index contributed by atoms with van der Waals surface area (Å²) in [5, 5.41) is 2.71. The van der Waals surface area contributed by atoms with E-state index in [1.165, 1.54) is 13.8 Å². The van der Waals surface area contributed by atoms with Crippen LogP contribution in [0.1, 0.15) is 33.6 Å². The van der Waals surface area contributed by atoms with Crippen LogP contribution in [0.3, 0.4) is 0 Å². The second-order valence-corrected chi connectivity index (χ2v) is 7.28. The summed E-state index contributed by atoms with van der Waals surface area (Å²) < 4.78 is 21.5. The van der Waals surface area contributed by atoms with E-state index in [0.717, 1.165) is 12.7 Å². The van der Waals surface area contributed by atoms with Crippen LogP contribution in [0.4, 0.5) is 0 Å². The Morgan fingerprint density at radius 1 is 1.44 bits per heavy atom. The van der Waals surface area contributed by atoms with E-state index in [1.54, 1.807) is 0 Å². The van der Waals surface area contributed by atoms with Crippen LogP contribution in [0.15, 0.2) is 0 Å². The third kappa shape index (κ3) is 3.94. The molecule has 0 aromatic rings. The number of halogens is 1. The molecule has 0 aliphatic heterocycles. The molecule has 0 radical (unpaired) electrons. The van der Waals surface area contributed by atoms with Crippen LogP contribution in [0.25, 0.3) is 0 Å². The second-order valence-electron chi connectivity index (χ2n) is 4.34. The van der Waals surface area contributed by atoms with E-state index < -0.39 is 20.5 Å². The Hall–Kier alpha value is -0.290. The predicted octanol–water partition coefficient (Wildman–Crippen LogP) is 1.33. The van der Waals surface area contributed by atoms with E-state index in [9.17, 15) is 13.2 Å². The number of nitrogens with one attached hydrogen (secondary N) is 1. The molecule has 0 aromatic carbocycles. The standard InChI is InChI=1S/C10H20ClNO3S/c1-5-8(6-7-11)12-9(13)10(2,3)16(4,14)15/h8H,5-7H2,1-4H3,(H,12,13). The van der Waals surface area contributed by atoms with Crippen molar-refractivity contribution in [1.29, 1.82) is 0 Å². The van der Waals surface area contributed by atoms with Gasteiger partial charge in [0.2, 0.25) is 5.91 Å². The van der Waals surface area contributed by atoms with E-state index in [4.69, 9.17) is 11.6 Å². The summed E-state index contributed by atoms with van der Waals surface area (Å²) in [5.74, 6) is -0.0232. The Morgan fingerprint density at radius 2 is 1.94 bits per heavy atom. The van der Waals surface area contributed by atoms with Crippen molar-refractivity contribution >= 4 is 27.3 Å². The fraction of sp³-hybridized carbons (Fsp3) is 0.900. The molecule has 1 amide bonds. The number of alkyl halides is 1. The van der Waals surface area contributed by atoms with Crippen LogP contribution in [-0.4, -0.2) is 37.2 Å². The van der Waals surface area contributed by atoms with Crippen LogP contribution in [0.2, 0.25) is 0 Å². The van der Waals surface area contributed by atoms with E-state index >= 15 is 0 Å². The van der Waals surface area contributed by atoms with Gasteiger partial charge in [-0.05, 0) is 26.7 Å². The molecule has 0 fully saturated rings. The van der Waals surface area contributed by atoms with Gasteiger partial charge in [0.25, 0.3) is 0 Å². The second kappa shape index (κ2) is 5.87. The number of rotatable bonds is 6. The zero-order valence-corrected chi connectivity index (χ0v) is 11.8. The first-order chi connectivity index (χ1) is 7.16. The number of carbonyl (C=O) groups excluding carboxylic acids is 1. The molecule has 0 heterocycles. The Balaban J connectivity index is 4.69. The van der Waals surface area contributed by atoms with Crippen LogP contribution in [0.5, 0.6) is 0 Å². The molecule has 6 heteroatoms. The number of sulfone groups is 1. The summed E-state index contributed by atoms with van der Waals surface area (Å²) in [5.41, 5.74) is 0. The first-order valence-electron chi connectivity index (χ1n) is 5.23. The Kier molecular flexibility index (Phi) is 5.76. The highest BCUT2D eigenvalue weighted by molar-refractivity contribution is 7.92. The molecule has 0 saturated heterocycles. The minimum absolute atomic E-state index is 0.0639. The molecule has 0 saturated carbocycles. The first-order valence-corrected chi connectivity index (χ1v) is 7.66. The third-order valence-electron chi connectivity index (χ3n) is 2.76. The fourth-order valence-corrected chi connectivity index (χ4v) is 1.70. The Labute approximate surface area is 103 Å². The van der Waals surface area contributed by atoms with E-state index in [1.807, 2.05) is 6.92 Å². The first kappa shape index (κ1) is 15.7. The monoisotopic (exact) mass is 269 g/mol. The van der Waals surface area contributed by atoms with Gasteiger partial charge in [-0.3, -0.25) is 4.79 Å². The smallest absolute Gasteiger partial charge is 0.241 e. The van der Waals surface area contributed by atoms with Crippen molar-refractivity contribution in [2.24, 2.45) is 0 Å². The van der Waals surface area contributed by atoms with E-state index in [-0.39, 0.29) is 6.04 Å². The maximum atomic E-state index is 11.8. The molecule has 1 atom stereocenters. The van der Waals surface area contributed by atoms with Gasteiger partial charge in [-0.2, -0.15) is 0 Å². The lowest BCUT2D eigenvalue weighted by atomic mass is 10.1.